The Hall–Kier alpha value is -1.59. The molecule has 5 heteroatoms. The molecule has 1 unspecified atom stereocenters. The summed E-state index contributed by atoms with van der Waals surface area (Å²) in [4.78, 5) is 16.6. The monoisotopic (exact) mass is 248 g/mol. The maximum absolute atomic E-state index is 11.2. The number of rotatable bonds is 4. The van der Waals surface area contributed by atoms with E-state index < -0.39 is 0 Å². The molecule has 98 valence electrons. The van der Waals surface area contributed by atoms with Crippen LogP contribution in [-0.2, 0) is 0 Å². The minimum Gasteiger partial charge on any atom is -0.330 e. The molecule has 0 amide bonds. The molecule has 2 rings (SSSR count). The third kappa shape index (κ3) is 2.63. The molecule has 0 spiro atoms. The van der Waals surface area contributed by atoms with Crippen LogP contribution in [0.1, 0.15) is 31.9 Å². The molecule has 2 aromatic rings. The fraction of sp³-hybridized carbons (Fsp3) is 0.462. The molecular weight excluding hydrogens is 228 g/mol. The van der Waals surface area contributed by atoms with Gasteiger partial charge in [-0.3, -0.25) is 0 Å². The maximum atomic E-state index is 11.2. The van der Waals surface area contributed by atoms with E-state index in [1.807, 2.05) is 18.2 Å². The third-order valence-corrected chi connectivity index (χ3v) is 3.29. The lowest BCUT2D eigenvalue weighted by atomic mass is 9.84. The van der Waals surface area contributed by atoms with E-state index in [1.54, 1.807) is 0 Å². The van der Waals surface area contributed by atoms with Crippen LogP contribution in [0.4, 0.5) is 0 Å². The van der Waals surface area contributed by atoms with Crippen LogP contribution >= 0.6 is 0 Å². The molecule has 5 nitrogen and oxygen atoms in total. The van der Waals surface area contributed by atoms with Crippen molar-refractivity contribution in [1.82, 2.24) is 9.97 Å². The molecule has 0 aliphatic rings. The highest BCUT2D eigenvalue weighted by atomic mass is 16.1. The van der Waals surface area contributed by atoms with Crippen LogP contribution in [0.5, 0.6) is 0 Å². The van der Waals surface area contributed by atoms with Crippen LogP contribution in [0.15, 0.2) is 23.0 Å². The molecule has 6 N–H and O–H groups in total. The molecule has 1 atom stereocenters. The van der Waals surface area contributed by atoms with Crippen LogP contribution in [0.25, 0.3) is 11.0 Å². The number of nitrogens with two attached hydrogens (primary N) is 2. The fourth-order valence-electron chi connectivity index (χ4n) is 2.08. The molecule has 1 heterocycles. The Bertz CT molecular complexity index is 596. The number of aromatic nitrogens is 2. The van der Waals surface area contributed by atoms with Gasteiger partial charge in [0.2, 0.25) is 0 Å². The van der Waals surface area contributed by atoms with Crippen LogP contribution < -0.4 is 17.2 Å². The van der Waals surface area contributed by atoms with Crippen molar-refractivity contribution < 1.29 is 0 Å². The van der Waals surface area contributed by atoms with Crippen LogP contribution in [0, 0.1) is 5.41 Å². The average Bonchev–Trinajstić information content (AvgIpc) is 2.67. The minimum absolute atomic E-state index is 0.0138. The van der Waals surface area contributed by atoms with Crippen LogP contribution in [-0.4, -0.2) is 16.5 Å². The standard InChI is InChI=1S/C13H20N4O/c1-13(2,7-14)6-9(15)8-3-4-10-11(5-8)17-12(18)16-10/h3-5,9H,6-7,14-15H2,1-2H3,(H2,16,17,18). The predicted octanol–water partition coefficient (Wildman–Crippen LogP) is 1.23. The molecule has 1 aromatic carbocycles. The van der Waals surface area contributed by atoms with Gasteiger partial charge in [0.15, 0.2) is 0 Å². The number of aromatic amines is 2. The van der Waals surface area contributed by atoms with Gasteiger partial charge in [-0.2, -0.15) is 0 Å². The van der Waals surface area contributed by atoms with E-state index in [1.165, 1.54) is 0 Å². The zero-order valence-corrected chi connectivity index (χ0v) is 10.8. The lowest BCUT2D eigenvalue weighted by molar-refractivity contribution is 0.317. The second-order valence-corrected chi connectivity index (χ2v) is 5.56. The molecule has 0 radical (unpaired) electrons. The smallest absolute Gasteiger partial charge is 0.323 e. The molecular formula is C13H20N4O. The number of nitrogens with one attached hydrogen (secondary N) is 2. The second-order valence-electron chi connectivity index (χ2n) is 5.56. The topological polar surface area (TPSA) is 101 Å². The van der Waals surface area contributed by atoms with Crippen molar-refractivity contribution in [2.75, 3.05) is 6.54 Å². The van der Waals surface area contributed by atoms with E-state index in [4.69, 9.17) is 11.5 Å². The van der Waals surface area contributed by atoms with Crippen LogP contribution in [0.3, 0.4) is 0 Å². The average molecular weight is 248 g/mol. The Morgan fingerprint density at radius 3 is 2.61 bits per heavy atom. The Morgan fingerprint density at radius 2 is 1.94 bits per heavy atom. The number of H-pyrrole nitrogens is 2. The Balaban J connectivity index is 2.27. The predicted molar refractivity (Wildman–Crippen MR) is 73.3 cm³/mol. The number of hydrogen-bond acceptors (Lipinski definition) is 3. The van der Waals surface area contributed by atoms with Crippen LogP contribution in [0.2, 0.25) is 0 Å². The quantitative estimate of drug-likeness (QED) is 0.654. The van der Waals surface area contributed by atoms with Gasteiger partial charge in [-0.25, -0.2) is 4.79 Å². The van der Waals surface area contributed by atoms with Crippen molar-refractivity contribution in [3.63, 3.8) is 0 Å². The SMILES string of the molecule is CC(C)(CN)CC(N)c1ccc2[nH]c(=O)[nH]c2c1. The third-order valence-electron chi connectivity index (χ3n) is 3.29. The minimum atomic E-state index is -0.196. The van der Waals surface area contributed by atoms with Crippen molar-refractivity contribution in [3.05, 3.63) is 34.2 Å². The number of hydrogen-bond donors (Lipinski definition) is 4. The summed E-state index contributed by atoms with van der Waals surface area (Å²) in [6, 6.07) is 5.66. The summed E-state index contributed by atoms with van der Waals surface area (Å²) < 4.78 is 0. The molecule has 0 saturated heterocycles. The molecule has 18 heavy (non-hydrogen) atoms. The highest BCUT2D eigenvalue weighted by Gasteiger charge is 2.20. The zero-order valence-electron chi connectivity index (χ0n) is 10.8. The maximum Gasteiger partial charge on any atom is 0.323 e. The molecule has 0 saturated carbocycles. The first-order chi connectivity index (χ1) is 8.41. The highest BCUT2D eigenvalue weighted by molar-refractivity contribution is 5.75. The van der Waals surface area contributed by atoms with Crippen molar-refractivity contribution in [2.45, 2.75) is 26.3 Å². The van der Waals surface area contributed by atoms with Gasteiger partial charge in [0.25, 0.3) is 0 Å². The summed E-state index contributed by atoms with van der Waals surface area (Å²) in [6.07, 6.45) is 0.809. The van der Waals surface area contributed by atoms with Gasteiger partial charge in [-0.05, 0) is 36.1 Å². The van der Waals surface area contributed by atoms with Gasteiger partial charge < -0.3 is 21.4 Å². The normalized spacial score (nSPS) is 14.0. The Kier molecular flexibility index (Phi) is 3.28. The van der Waals surface area contributed by atoms with Gasteiger partial charge >= 0.3 is 5.69 Å². The highest BCUT2D eigenvalue weighted by Crippen LogP contribution is 2.28. The van der Waals surface area contributed by atoms with Crippen molar-refractivity contribution >= 4 is 11.0 Å². The second kappa shape index (κ2) is 4.59. The van der Waals surface area contributed by atoms with Crippen molar-refractivity contribution in [2.24, 2.45) is 16.9 Å². The van der Waals surface area contributed by atoms with Crippen molar-refractivity contribution in [3.8, 4) is 0 Å². The molecule has 0 aliphatic carbocycles. The number of fused-ring (bicyclic) bond motifs is 1. The molecule has 0 aliphatic heterocycles. The lowest BCUT2D eigenvalue weighted by Crippen LogP contribution is -2.28. The van der Waals surface area contributed by atoms with Gasteiger partial charge in [-0.1, -0.05) is 19.9 Å². The van der Waals surface area contributed by atoms with Gasteiger partial charge in [-0.15, -0.1) is 0 Å². The van der Waals surface area contributed by atoms with E-state index in [-0.39, 0.29) is 17.1 Å². The van der Waals surface area contributed by atoms with Crippen molar-refractivity contribution in [1.29, 1.82) is 0 Å². The first-order valence-electron chi connectivity index (χ1n) is 6.09. The van der Waals surface area contributed by atoms with E-state index in [0.29, 0.717) is 6.54 Å². The summed E-state index contributed by atoms with van der Waals surface area (Å²) in [5, 5.41) is 0. The first kappa shape index (κ1) is 12.9. The molecule has 0 fully saturated rings. The first-order valence-corrected chi connectivity index (χ1v) is 6.09. The largest absolute Gasteiger partial charge is 0.330 e. The zero-order chi connectivity index (χ0) is 13.3. The lowest BCUT2D eigenvalue weighted by Gasteiger charge is -2.26. The Morgan fingerprint density at radius 1 is 1.28 bits per heavy atom. The number of imidazole rings is 1. The number of benzene rings is 1. The van der Waals surface area contributed by atoms with E-state index in [9.17, 15) is 4.79 Å². The molecule has 1 aromatic heterocycles. The van der Waals surface area contributed by atoms with E-state index >= 15 is 0 Å². The van der Waals surface area contributed by atoms with E-state index in [2.05, 4.69) is 23.8 Å². The summed E-state index contributed by atoms with van der Waals surface area (Å²) in [5.41, 5.74) is 14.3. The van der Waals surface area contributed by atoms with Gasteiger partial charge in [0.1, 0.15) is 0 Å². The fourth-order valence-corrected chi connectivity index (χ4v) is 2.08. The van der Waals surface area contributed by atoms with Gasteiger partial charge in [0.05, 0.1) is 11.0 Å². The summed E-state index contributed by atoms with van der Waals surface area (Å²) >= 11 is 0. The van der Waals surface area contributed by atoms with Gasteiger partial charge in [0, 0.05) is 6.04 Å². The molecule has 0 bridgehead atoms. The summed E-state index contributed by atoms with van der Waals surface area (Å²) in [7, 11) is 0. The summed E-state index contributed by atoms with van der Waals surface area (Å²) in [6.45, 7) is 4.80. The Labute approximate surface area is 106 Å². The summed E-state index contributed by atoms with van der Waals surface area (Å²) in [5.74, 6) is 0. The van der Waals surface area contributed by atoms with E-state index in [0.717, 1.165) is 23.0 Å².